The maximum Gasteiger partial charge on any atom is 0.254 e. The number of likely N-dealkylation sites (N-methyl/N-ethyl adjacent to an activating group) is 1. The van der Waals surface area contributed by atoms with Gasteiger partial charge in [0.05, 0.1) is 16.5 Å². The van der Waals surface area contributed by atoms with E-state index in [-0.39, 0.29) is 18.6 Å². The first-order chi connectivity index (χ1) is 9.74. The van der Waals surface area contributed by atoms with Crippen molar-refractivity contribution in [1.82, 2.24) is 4.90 Å². The second kappa shape index (κ2) is 7.44. The van der Waals surface area contributed by atoms with E-state index in [0.29, 0.717) is 18.7 Å². The zero-order valence-corrected chi connectivity index (χ0v) is 12.4. The standard InChI is InChI=1S/C15H19NO3S/c1-2-16(10-13-5-4-8-19-13)15(18)12-9-14(20-11-12)6-3-7-17/h9,11,13,17H,2,4-5,7-8,10H2,1H3. The molecule has 0 aliphatic carbocycles. The Balaban J connectivity index is 2.01. The van der Waals surface area contributed by atoms with Crippen LogP contribution in [0.1, 0.15) is 35.0 Å². The highest BCUT2D eigenvalue weighted by atomic mass is 32.1. The third-order valence-corrected chi connectivity index (χ3v) is 4.10. The molecule has 1 aliphatic rings. The molecule has 1 aliphatic heterocycles. The molecule has 1 aromatic rings. The zero-order chi connectivity index (χ0) is 14.4. The third kappa shape index (κ3) is 3.83. The highest BCUT2D eigenvalue weighted by molar-refractivity contribution is 7.10. The molecule has 0 saturated carbocycles. The minimum Gasteiger partial charge on any atom is -0.384 e. The smallest absolute Gasteiger partial charge is 0.254 e. The highest BCUT2D eigenvalue weighted by Crippen LogP contribution is 2.18. The molecule has 1 amide bonds. The Kier molecular flexibility index (Phi) is 5.60. The van der Waals surface area contributed by atoms with Gasteiger partial charge in [-0.1, -0.05) is 11.8 Å². The van der Waals surface area contributed by atoms with Crippen LogP contribution in [0.15, 0.2) is 11.4 Å². The van der Waals surface area contributed by atoms with Crippen LogP contribution in [-0.2, 0) is 4.74 Å². The first-order valence-electron chi connectivity index (χ1n) is 6.83. The Labute approximate surface area is 123 Å². The number of aliphatic hydroxyl groups is 1. The molecule has 2 heterocycles. The number of nitrogens with zero attached hydrogens (tertiary/aromatic N) is 1. The van der Waals surface area contributed by atoms with Gasteiger partial charge in [-0.25, -0.2) is 0 Å². The molecule has 1 unspecified atom stereocenters. The number of hydrogen-bond acceptors (Lipinski definition) is 4. The highest BCUT2D eigenvalue weighted by Gasteiger charge is 2.22. The molecule has 20 heavy (non-hydrogen) atoms. The van der Waals surface area contributed by atoms with Crippen LogP contribution in [0.25, 0.3) is 0 Å². The molecular formula is C15H19NO3S. The van der Waals surface area contributed by atoms with Crippen molar-refractivity contribution in [3.63, 3.8) is 0 Å². The average molecular weight is 293 g/mol. The normalized spacial score (nSPS) is 17.6. The van der Waals surface area contributed by atoms with Crippen LogP contribution in [0.2, 0.25) is 0 Å². The lowest BCUT2D eigenvalue weighted by Crippen LogP contribution is -2.37. The molecule has 1 fully saturated rings. The molecule has 0 spiro atoms. The van der Waals surface area contributed by atoms with Gasteiger partial charge in [-0.3, -0.25) is 4.79 Å². The number of aliphatic hydroxyl groups excluding tert-OH is 1. The van der Waals surface area contributed by atoms with Gasteiger partial charge in [0.1, 0.15) is 6.61 Å². The monoisotopic (exact) mass is 293 g/mol. The largest absolute Gasteiger partial charge is 0.384 e. The van der Waals surface area contributed by atoms with Crippen molar-refractivity contribution in [1.29, 1.82) is 0 Å². The van der Waals surface area contributed by atoms with Crippen molar-refractivity contribution in [2.24, 2.45) is 0 Å². The molecule has 0 radical (unpaired) electrons. The van der Waals surface area contributed by atoms with E-state index in [1.165, 1.54) is 11.3 Å². The first-order valence-corrected chi connectivity index (χ1v) is 7.71. The van der Waals surface area contributed by atoms with Crippen LogP contribution in [0.4, 0.5) is 0 Å². The van der Waals surface area contributed by atoms with Crippen molar-refractivity contribution in [3.05, 3.63) is 21.9 Å². The molecule has 1 saturated heterocycles. The van der Waals surface area contributed by atoms with Gasteiger partial charge in [-0.05, 0) is 25.8 Å². The maximum absolute atomic E-state index is 12.4. The van der Waals surface area contributed by atoms with Crippen LogP contribution in [-0.4, -0.2) is 48.3 Å². The predicted molar refractivity (Wildman–Crippen MR) is 78.8 cm³/mol. The van der Waals surface area contributed by atoms with Gasteiger partial charge in [0.25, 0.3) is 5.91 Å². The van der Waals surface area contributed by atoms with Crippen molar-refractivity contribution in [2.45, 2.75) is 25.9 Å². The number of carbonyl (C=O) groups excluding carboxylic acids is 1. The number of amides is 1. The number of ether oxygens (including phenoxy) is 1. The van der Waals surface area contributed by atoms with Crippen molar-refractivity contribution < 1.29 is 14.6 Å². The summed E-state index contributed by atoms with van der Waals surface area (Å²) in [5.41, 5.74) is 0.664. The summed E-state index contributed by atoms with van der Waals surface area (Å²) in [6, 6.07) is 1.79. The minimum absolute atomic E-state index is 0.0244. The van der Waals surface area contributed by atoms with Crippen LogP contribution in [0, 0.1) is 11.8 Å². The summed E-state index contributed by atoms with van der Waals surface area (Å²) in [6.45, 7) is 3.94. The predicted octanol–water partition coefficient (Wildman–Crippen LogP) is 1.73. The van der Waals surface area contributed by atoms with E-state index >= 15 is 0 Å². The van der Waals surface area contributed by atoms with Gasteiger partial charge >= 0.3 is 0 Å². The molecule has 2 rings (SSSR count). The number of hydrogen-bond donors (Lipinski definition) is 1. The topological polar surface area (TPSA) is 49.8 Å². The SMILES string of the molecule is CCN(CC1CCCO1)C(=O)c1csc(C#CCO)c1. The Morgan fingerprint density at radius 3 is 3.15 bits per heavy atom. The third-order valence-electron chi connectivity index (χ3n) is 3.25. The van der Waals surface area contributed by atoms with E-state index in [1.807, 2.05) is 17.2 Å². The molecular weight excluding hydrogens is 274 g/mol. The second-order valence-corrected chi connectivity index (χ2v) is 5.55. The molecule has 1 N–H and O–H groups in total. The molecule has 4 nitrogen and oxygen atoms in total. The van der Waals surface area contributed by atoms with Crippen LogP contribution in [0.5, 0.6) is 0 Å². The average Bonchev–Trinajstić information content (AvgIpc) is 3.13. The van der Waals surface area contributed by atoms with E-state index in [9.17, 15) is 4.79 Å². The van der Waals surface area contributed by atoms with E-state index < -0.39 is 0 Å². The lowest BCUT2D eigenvalue weighted by atomic mass is 10.2. The van der Waals surface area contributed by atoms with Gasteiger partial charge in [-0.2, -0.15) is 0 Å². The summed E-state index contributed by atoms with van der Waals surface area (Å²) >= 11 is 1.42. The Hall–Kier alpha value is -1.35. The molecule has 0 aromatic carbocycles. The van der Waals surface area contributed by atoms with Gasteiger partial charge in [0, 0.05) is 25.1 Å². The summed E-state index contributed by atoms with van der Waals surface area (Å²) in [5.74, 6) is 5.44. The van der Waals surface area contributed by atoms with Gasteiger partial charge in [-0.15, -0.1) is 11.3 Å². The molecule has 1 atom stereocenters. The zero-order valence-electron chi connectivity index (χ0n) is 11.6. The second-order valence-electron chi connectivity index (χ2n) is 4.64. The van der Waals surface area contributed by atoms with E-state index in [0.717, 1.165) is 24.3 Å². The molecule has 0 bridgehead atoms. The van der Waals surface area contributed by atoms with Crippen molar-refractivity contribution in [3.8, 4) is 11.8 Å². The summed E-state index contributed by atoms with van der Waals surface area (Å²) in [7, 11) is 0. The van der Waals surface area contributed by atoms with Crippen LogP contribution >= 0.6 is 11.3 Å². The Bertz CT molecular complexity index is 509. The molecule has 5 heteroatoms. The summed E-state index contributed by atoms with van der Waals surface area (Å²) < 4.78 is 5.59. The van der Waals surface area contributed by atoms with Crippen molar-refractivity contribution in [2.75, 3.05) is 26.3 Å². The van der Waals surface area contributed by atoms with Crippen LogP contribution in [0.3, 0.4) is 0 Å². The summed E-state index contributed by atoms with van der Waals surface area (Å²) in [5, 5.41) is 10.5. The Morgan fingerprint density at radius 2 is 2.50 bits per heavy atom. The summed E-state index contributed by atoms with van der Waals surface area (Å²) in [4.78, 5) is 15.1. The molecule has 108 valence electrons. The number of thiophene rings is 1. The van der Waals surface area contributed by atoms with E-state index in [2.05, 4.69) is 11.8 Å². The van der Waals surface area contributed by atoms with Crippen molar-refractivity contribution >= 4 is 17.2 Å². The fourth-order valence-corrected chi connectivity index (χ4v) is 2.96. The van der Waals surface area contributed by atoms with Crippen LogP contribution < -0.4 is 0 Å². The fourth-order valence-electron chi connectivity index (χ4n) is 2.21. The maximum atomic E-state index is 12.4. The first kappa shape index (κ1) is 15.0. The lowest BCUT2D eigenvalue weighted by Gasteiger charge is -2.23. The van der Waals surface area contributed by atoms with Gasteiger partial charge in [0.15, 0.2) is 0 Å². The molecule has 1 aromatic heterocycles. The van der Waals surface area contributed by atoms with Gasteiger partial charge < -0.3 is 14.7 Å². The quantitative estimate of drug-likeness (QED) is 0.860. The Morgan fingerprint density at radius 1 is 1.65 bits per heavy atom. The minimum atomic E-state index is -0.165. The van der Waals surface area contributed by atoms with Gasteiger partial charge in [0.2, 0.25) is 0 Å². The summed E-state index contributed by atoms with van der Waals surface area (Å²) in [6.07, 6.45) is 2.28. The lowest BCUT2D eigenvalue weighted by molar-refractivity contribution is 0.0539. The number of rotatable bonds is 4. The van der Waals surface area contributed by atoms with E-state index in [1.54, 1.807) is 6.07 Å². The van der Waals surface area contributed by atoms with E-state index in [4.69, 9.17) is 9.84 Å². The fraction of sp³-hybridized carbons (Fsp3) is 0.533. The number of carbonyl (C=O) groups is 1.